The van der Waals surface area contributed by atoms with Gasteiger partial charge in [-0.25, -0.2) is 0 Å². The molecule has 1 atom stereocenters. The third-order valence-corrected chi connectivity index (χ3v) is 2.47. The second-order valence-electron chi connectivity index (χ2n) is 4.02. The van der Waals surface area contributed by atoms with Crippen LogP contribution in [-0.2, 0) is 11.3 Å². The zero-order chi connectivity index (χ0) is 12.0. The molecule has 0 aliphatic rings. The number of rotatable bonds is 6. The second-order valence-corrected chi connectivity index (χ2v) is 4.02. The van der Waals surface area contributed by atoms with Gasteiger partial charge in [0.25, 0.3) is 0 Å². The van der Waals surface area contributed by atoms with E-state index in [0.29, 0.717) is 6.61 Å². The van der Waals surface area contributed by atoms with Crippen molar-refractivity contribution in [1.29, 1.82) is 5.41 Å². The molecule has 0 saturated heterocycles. The molecule has 0 aliphatic heterocycles. The molecule has 0 spiro atoms. The molecule has 3 nitrogen and oxygen atoms in total. The lowest BCUT2D eigenvalue weighted by molar-refractivity contribution is 0.0472. The minimum Gasteiger partial charge on any atom is -0.384 e. The Labute approximate surface area is 97.1 Å². The van der Waals surface area contributed by atoms with Gasteiger partial charge in [-0.2, -0.15) is 0 Å². The zero-order valence-electron chi connectivity index (χ0n) is 9.99. The zero-order valence-corrected chi connectivity index (χ0v) is 9.99. The number of nitrogens with one attached hydrogen (secondary N) is 1. The summed E-state index contributed by atoms with van der Waals surface area (Å²) in [6.07, 6.45) is 2.49. The summed E-state index contributed by atoms with van der Waals surface area (Å²) in [7, 11) is 0. The summed E-state index contributed by atoms with van der Waals surface area (Å²) in [6, 6.07) is 7.63. The van der Waals surface area contributed by atoms with Crippen LogP contribution in [0.2, 0.25) is 0 Å². The van der Waals surface area contributed by atoms with E-state index in [-0.39, 0.29) is 11.9 Å². The van der Waals surface area contributed by atoms with Gasteiger partial charge < -0.3 is 10.5 Å². The van der Waals surface area contributed by atoms with Gasteiger partial charge in [-0.1, -0.05) is 31.5 Å². The average molecular weight is 220 g/mol. The molecule has 0 radical (unpaired) electrons. The van der Waals surface area contributed by atoms with Gasteiger partial charge in [0.05, 0.1) is 12.7 Å². The molecule has 1 aromatic carbocycles. The number of hydrogen-bond donors (Lipinski definition) is 2. The SMILES string of the molecule is CCCC(C)OCc1cccc(C(=N)N)c1. The van der Waals surface area contributed by atoms with Crippen molar-refractivity contribution in [2.45, 2.75) is 39.4 Å². The Morgan fingerprint density at radius 3 is 2.88 bits per heavy atom. The molecule has 1 unspecified atom stereocenters. The fourth-order valence-electron chi connectivity index (χ4n) is 1.56. The predicted molar refractivity (Wildman–Crippen MR) is 66.6 cm³/mol. The van der Waals surface area contributed by atoms with E-state index in [4.69, 9.17) is 15.9 Å². The Bertz CT molecular complexity index is 350. The van der Waals surface area contributed by atoms with Crippen molar-refractivity contribution < 1.29 is 4.74 Å². The minimum atomic E-state index is 0.100. The van der Waals surface area contributed by atoms with Crippen LogP contribution in [0.25, 0.3) is 0 Å². The standard InChI is InChI=1S/C13H20N2O/c1-3-5-10(2)16-9-11-6-4-7-12(8-11)13(14)15/h4,6-8,10H,3,5,9H2,1-2H3,(H3,14,15). The van der Waals surface area contributed by atoms with E-state index in [1.165, 1.54) is 0 Å². The van der Waals surface area contributed by atoms with Crippen molar-refractivity contribution in [2.75, 3.05) is 0 Å². The summed E-state index contributed by atoms with van der Waals surface area (Å²) in [5, 5.41) is 7.35. The Balaban J connectivity index is 2.54. The Kier molecular flexibility index (Phi) is 4.99. The van der Waals surface area contributed by atoms with Crippen molar-refractivity contribution in [3.8, 4) is 0 Å². The van der Waals surface area contributed by atoms with Gasteiger partial charge in [-0.15, -0.1) is 0 Å². The third-order valence-electron chi connectivity index (χ3n) is 2.47. The van der Waals surface area contributed by atoms with Crippen molar-refractivity contribution >= 4 is 5.84 Å². The van der Waals surface area contributed by atoms with Crippen LogP contribution >= 0.6 is 0 Å². The molecule has 16 heavy (non-hydrogen) atoms. The van der Waals surface area contributed by atoms with Gasteiger partial charge in [-0.3, -0.25) is 5.41 Å². The fourth-order valence-corrected chi connectivity index (χ4v) is 1.56. The van der Waals surface area contributed by atoms with Gasteiger partial charge in [0, 0.05) is 5.56 Å². The largest absolute Gasteiger partial charge is 0.384 e. The molecule has 0 amide bonds. The van der Waals surface area contributed by atoms with Crippen LogP contribution in [0.3, 0.4) is 0 Å². The lowest BCUT2D eigenvalue weighted by Gasteiger charge is -2.12. The summed E-state index contributed by atoms with van der Waals surface area (Å²) >= 11 is 0. The highest BCUT2D eigenvalue weighted by Gasteiger charge is 2.02. The smallest absolute Gasteiger partial charge is 0.122 e. The quantitative estimate of drug-likeness (QED) is 0.572. The van der Waals surface area contributed by atoms with Crippen molar-refractivity contribution in [3.63, 3.8) is 0 Å². The maximum Gasteiger partial charge on any atom is 0.122 e. The van der Waals surface area contributed by atoms with Crippen LogP contribution in [0.5, 0.6) is 0 Å². The number of nitrogens with two attached hydrogens (primary N) is 1. The van der Waals surface area contributed by atoms with Crippen LogP contribution in [0.1, 0.15) is 37.8 Å². The first-order valence-electron chi connectivity index (χ1n) is 5.68. The summed E-state index contributed by atoms with van der Waals surface area (Å²) in [4.78, 5) is 0. The van der Waals surface area contributed by atoms with Crippen LogP contribution < -0.4 is 5.73 Å². The molecule has 1 aromatic rings. The molecule has 0 aliphatic carbocycles. The Hall–Kier alpha value is -1.35. The van der Waals surface area contributed by atoms with Gasteiger partial charge in [0.2, 0.25) is 0 Å². The lowest BCUT2D eigenvalue weighted by Crippen LogP contribution is -2.12. The van der Waals surface area contributed by atoms with Gasteiger partial charge in [-0.05, 0) is 25.0 Å². The highest BCUT2D eigenvalue weighted by molar-refractivity contribution is 5.95. The van der Waals surface area contributed by atoms with E-state index >= 15 is 0 Å². The number of nitrogen functional groups attached to an aromatic ring is 1. The first-order chi connectivity index (χ1) is 7.63. The van der Waals surface area contributed by atoms with Crippen molar-refractivity contribution in [2.24, 2.45) is 5.73 Å². The molecule has 0 fully saturated rings. The van der Waals surface area contributed by atoms with Crippen LogP contribution in [0.15, 0.2) is 24.3 Å². The van der Waals surface area contributed by atoms with E-state index in [1.54, 1.807) is 0 Å². The summed E-state index contributed by atoms with van der Waals surface area (Å²) < 4.78 is 5.69. The van der Waals surface area contributed by atoms with Gasteiger partial charge in [0.15, 0.2) is 0 Å². The fraction of sp³-hybridized carbons (Fsp3) is 0.462. The molecule has 1 rings (SSSR count). The monoisotopic (exact) mass is 220 g/mol. The van der Waals surface area contributed by atoms with E-state index in [0.717, 1.165) is 24.0 Å². The normalized spacial score (nSPS) is 12.4. The molecular formula is C13H20N2O. The first-order valence-corrected chi connectivity index (χ1v) is 5.68. The van der Waals surface area contributed by atoms with E-state index in [9.17, 15) is 0 Å². The van der Waals surface area contributed by atoms with Gasteiger partial charge >= 0.3 is 0 Å². The van der Waals surface area contributed by atoms with E-state index in [2.05, 4.69) is 13.8 Å². The van der Waals surface area contributed by atoms with Gasteiger partial charge in [0.1, 0.15) is 5.84 Å². The highest BCUT2D eigenvalue weighted by atomic mass is 16.5. The number of hydrogen-bond acceptors (Lipinski definition) is 2. The summed E-state index contributed by atoms with van der Waals surface area (Å²) in [6.45, 7) is 4.82. The summed E-state index contributed by atoms with van der Waals surface area (Å²) in [5.41, 5.74) is 7.25. The molecule has 0 bridgehead atoms. The Morgan fingerprint density at radius 2 is 2.25 bits per heavy atom. The molecule has 0 aromatic heterocycles. The predicted octanol–water partition coefficient (Wildman–Crippen LogP) is 2.68. The van der Waals surface area contributed by atoms with Crippen LogP contribution in [-0.4, -0.2) is 11.9 Å². The number of ether oxygens (including phenoxy) is 1. The maximum atomic E-state index is 7.35. The van der Waals surface area contributed by atoms with Crippen molar-refractivity contribution in [3.05, 3.63) is 35.4 Å². The van der Waals surface area contributed by atoms with Crippen LogP contribution in [0.4, 0.5) is 0 Å². The molecule has 0 heterocycles. The second kappa shape index (κ2) is 6.28. The topological polar surface area (TPSA) is 59.1 Å². The van der Waals surface area contributed by atoms with Crippen molar-refractivity contribution in [1.82, 2.24) is 0 Å². The maximum absolute atomic E-state index is 7.35. The van der Waals surface area contributed by atoms with Crippen LogP contribution in [0, 0.1) is 5.41 Å². The summed E-state index contributed by atoms with van der Waals surface area (Å²) in [5.74, 6) is 0.100. The number of benzene rings is 1. The molecule has 88 valence electrons. The third kappa shape index (κ3) is 4.03. The Morgan fingerprint density at radius 1 is 1.50 bits per heavy atom. The molecule has 3 heteroatoms. The molecule has 3 N–H and O–H groups in total. The molecule has 0 saturated carbocycles. The van der Waals surface area contributed by atoms with E-state index < -0.39 is 0 Å². The lowest BCUT2D eigenvalue weighted by atomic mass is 10.1. The van der Waals surface area contributed by atoms with E-state index in [1.807, 2.05) is 24.3 Å². The first kappa shape index (κ1) is 12.7. The number of amidine groups is 1. The molecular weight excluding hydrogens is 200 g/mol. The highest BCUT2D eigenvalue weighted by Crippen LogP contribution is 2.09. The average Bonchev–Trinajstić information content (AvgIpc) is 2.27. The minimum absolute atomic E-state index is 0.100.